The van der Waals surface area contributed by atoms with Crippen LogP contribution in [0.3, 0.4) is 0 Å². The van der Waals surface area contributed by atoms with E-state index in [1.165, 1.54) is 24.3 Å². The predicted molar refractivity (Wildman–Crippen MR) is 76.3 cm³/mol. The van der Waals surface area contributed by atoms with Crippen molar-refractivity contribution in [3.63, 3.8) is 0 Å². The Hall–Kier alpha value is -1.88. The first-order valence-corrected chi connectivity index (χ1v) is 6.73. The molecular weight excluding hydrogens is 327 g/mol. The van der Waals surface area contributed by atoms with Crippen LogP contribution in [0, 0.1) is 5.82 Å². The number of esters is 1. The third-order valence-corrected chi connectivity index (χ3v) is 3.02. The third-order valence-electron chi connectivity index (χ3n) is 2.49. The van der Waals surface area contributed by atoms with E-state index in [1.54, 1.807) is 31.2 Å². The second-order valence-corrected chi connectivity index (χ2v) is 5.00. The van der Waals surface area contributed by atoms with Crippen molar-refractivity contribution in [3.05, 3.63) is 58.8 Å². The summed E-state index contributed by atoms with van der Waals surface area (Å²) >= 11 is 3.29. The zero-order valence-corrected chi connectivity index (χ0v) is 12.3. The van der Waals surface area contributed by atoms with Crippen LogP contribution < -0.4 is 9.47 Å². The molecule has 0 aliphatic rings. The van der Waals surface area contributed by atoms with Crippen molar-refractivity contribution in [1.82, 2.24) is 0 Å². The largest absolute Gasteiger partial charge is 0.479 e. The van der Waals surface area contributed by atoms with Gasteiger partial charge in [0, 0.05) is 4.47 Å². The lowest BCUT2D eigenvalue weighted by atomic mass is 10.3. The SMILES string of the molecule is CC(Oc1ccc(F)cc1)C(=O)Oc1ccc(Br)cc1. The number of hydrogen-bond donors (Lipinski definition) is 0. The van der Waals surface area contributed by atoms with Gasteiger partial charge in [-0.15, -0.1) is 0 Å². The van der Waals surface area contributed by atoms with Crippen molar-refractivity contribution in [2.24, 2.45) is 0 Å². The van der Waals surface area contributed by atoms with Crippen LogP contribution in [0.5, 0.6) is 11.5 Å². The third kappa shape index (κ3) is 4.06. The highest BCUT2D eigenvalue weighted by molar-refractivity contribution is 9.10. The highest BCUT2D eigenvalue weighted by atomic mass is 79.9. The zero-order chi connectivity index (χ0) is 14.5. The maximum absolute atomic E-state index is 12.8. The summed E-state index contributed by atoms with van der Waals surface area (Å²) < 4.78 is 24.2. The van der Waals surface area contributed by atoms with Crippen molar-refractivity contribution in [2.45, 2.75) is 13.0 Å². The predicted octanol–water partition coefficient (Wildman–Crippen LogP) is 3.96. The van der Waals surface area contributed by atoms with E-state index in [0.29, 0.717) is 11.5 Å². The minimum absolute atomic E-state index is 0.359. The number of carbonyl (C=O) groups is 1. The Bertz CT molecular complexity index is 581. The lowest BCUT2D eigenvalue weighted by Crippen LogP contribution is -2.28. The van der Waals surface area contributed by atoms with Gasteiger partial charge in [0.15, 0.2) is 6.10 Å². The first-order chi connectivity index (χ1) is 9.54. The summed E-state index contributed by atoms with van der Waals surface area (Å²) in [5.74, 6) is -0.0292. The van der Waals surface area contributed by atoms with E-state index in [1.807, 2.05) is 0 Å². The molecule has 0 amide bonds. The summed E-state index contributed by atoms with van der Waals surface area (Å²) in [4.78, 5) is 11.8. The van der Waals surface area contributed by atoms with Crippen LogP contribution in [0.1, 0.15) is 6.92 Å². The van der Waals surface area contributed by atoms with Crippen molar-refractivity contribution < 1.29 is 18.7 Å². The molecule has 20 heavy (non-hydrogen) atoms. The molecule has 0 saturated carbocycles. The van der Waals surface area contributed by atoms with E-state index in [-0.39, 0.29) is 5.82 Å². The van der Waals surface area contributed by atoms with Crippen molar-refractivity contribution in [1.29, 1.82) is 0 Å². The van der Waals surface area contributed by atoms with E-state index in [0.717, 1.165) is 4.47 Å². The molecule has 2 rings (SSSR count). The minimum atomic E-state index is -0.788. The number of ether oxygens (including phenoxy) is 2. The van der Waals surface area contributed by atoms with E-state index in [4.69, 9.17) is 9.47 Å². The Morgan fingerprint density at radius 1 is 1.05 bits per heavy atom. The van der Waals surface area contributed by atoms with Crippen LogP contribution in [0.15, 0.2) is 53.0 Å². The molecule has 0 aliphatic carbocycles. The molecule has 0 radical (unpaired) electrons. The van der Waals surface area contributed by atoms with E-state index in [9.17, 15) is 9.18 Å². The van der Waals surface area contributed by atoms with Gasteiger partial charge in [-0.2, -0.15) is 0 Å². The Morgan fingerprint density at radius 2 is 1.60 bits per heavy atom. The normalized spacial score (nSPS) is 11.8. The fourth-order valence-corrected chi connectivity index (χ4v) is 1.73. The zero-order valence-electron chi connectivity index (χ0n) is 10.7. The maximum Gasteiger partial charge on any atom is 0.352 e. The Morgan fingerprint density at radius 3 is 2.20 bits per heavy atom. The molecule has 5 heteroatoms. The molecule has 0 bridgehead atoms. The van der Waals surface area contributed by atoms with Crippen LogP contribution >= 0.6 is 15.9 Å². The lowest BCUT2D eigenvalue weighted by molar-refractivity contribution is -0.141. The van der Waals surface area contributed by atoms with E-state index in [2.05, 4.69) is 15.9 Å². The summed E-state index contributed by atoms with van der Waals surface area (Å²) in [6, 6.07) is 12.3. The summed E-state index contributed by atoms with van der Waals surface area (Å²) in [6.45, 7) is 1.57. The van der Waals surface area contributed by atoms with Crippen molar-refractivity contribution in [3.8, 4) is 11.5 Å². The first-order valence-electron chi connectivity index (χ1n) is 5.94. The number of benzene rings is 2. The minimum Gasteiger partial charge on any atom is -0.479 e. The molecule has 0 saturated heterocycles. The average molecular weight is 339 g/mol. The number of hydrogen-bond acceptors (Lipinski definition) is 3. The van der Waals surface area contributed by atoms with Gasteiger partial charge in [-0.25, -0.2) is 9.18 Å². The van der Waals surface area contributed by atoms with Crippen LogP contribution in [-0.2, 0) is 4.79 Å². The van der Waals surface area contributed by atoms with Crippen LogP contribution in [0.25, 0.3) is 0 Å². The van der Waals surface area contributed by atoms with Gasteiger partial charge in [-0.05, 0) is 55.5 Å². The van der Waals surface area contributed by atoms with Gasteiger partial charge in [0.2, 0.25) is 0 Å². The maximum atomic E-state index is 12.8. The summed E-state index contributed by atoms with van der Waals surface area (Å²) in [5.41, 5.74) is 0. The number of halogens is 2. The second-order valence-electron chi connectivity index (χ2n) is 4.09. The summed E-state index contributed by atoms with van der Waals surface area (Å²) in [5, 5.41) is 0. The Kier molecular flexibility index (Phi) is 4.74. The van der Waals surface area contributed by atoms with E-state index < -0.39 is 12.1 Å². The Balaban J connectivity index is 1.94. The molecule has 1 unspecified atom stereocenters. The topological polar surface area (TPSA) is 35.5 Å². The molecule has 0 N–H and O–H groups in total. The molecule has 104 valence electrons. The summed E-state index contributed by atoms with van der Waals surface area (Å²) in [7, 11) is 0. The lowest BCUT2D eigenvalue weighted by Gasteiger charge is -2.13. The van der Waals surface area contributed by atoms with Gasteiger partial charge in [0.1, 0.15) is 17.3 Å². The van der Waals surface area contributed by atoms with Crippen LogP contribution in [0.4, 0.5) is 4.39 Å². The molecule has 2 aromatic carbocycles. The molecule has 1 atom stereocenters. The standard InChI is InChI=1S/C15H12BrFO3/c1-10(19-13-8-4-12(17)5-9-13)15(18)20-14-6-2-11(16)3-7-14/h2-10H,1H3. The number of carbonyl (C=O) groups excluding carboxylic acids is 1. The molecule has 0 heterocycles. The smallest absolute Gasteiger partial charge is 0.352 e. The molecular formula is C15H12BrFO3. The molecule has 0 aromatic heterocycles. The van der Waals surface area contributed by atoms with Crippen molar-refractivity contribution in [2.75, 3.05) is 0 Å². The fourth-order valence-electron chi connectivity index (χ4n) is 1.47. The monoisotopic (exact) mass is 338 g/mol. The van der Waals surface area contributed by atoms with Gasteiger partial charge in [0.05, 0.1) is 0 Å². The van der Waals surface area contributed by atoms with Crippen LogP contribution in [0.2, 0.25) is 0 Å². The Labute approximate surface area is 124 Å². The molecule has 0 aliphatic heterocycles. The summed E-state index contributed by atoms with van der Waals surface area (Å²) in [6.07, 6.45) is -0.788. The molecule has 0 spiro atoms. The second kappa shape index (κ2) is 6.52. The van der Waals surface area contributed by atoms with Crippen molar-refractivity contribution >= 4 is 21.9 Å². The molecule has 3 nitrogen and oxygen atoms in total. The number of rotatable bonds is 4. The first kappa shape index (κ1) is 14.5. The quantitative estimate of drug-likeness (QED) is 0.625. The van der Waals surface area contributed by atoms with E-state index >= 15 is 0 Å². The van der Waals surface area contributed by atoms with Gasteiger partial charge < -0.3 is 9.47 Å². The average Bonchev–Trinajstić information content (AvgIpc) is 2.44. The molecule has 2 aromatic rings. The highest BCUT2D eigenvalue weighted by Crippen LogP contribution is 2.18. The van der Waals surface area contributed by atoms with Gasteiger partial charge in [0.25, 0.3) is 0 Å². The van der Waals surface area contributed by atoms with Gasteiger partial charge in [-0.3, -0.25) is 0 Å². The van der Waals surface area contributed by atoms with Gasteiger partial charge in [-0.1, -0.05) is 15.9 Å². The fraction of sp³-hybridized carbons (Fsp3) is 0.133. The molecule has 0 fully saturated rings. The van der Waals surface area contributed by atoms with Gasteiger partial charge >= 0.3 is 5.97 Å². The highest BCUT2D eigenvalue weighted by Gasteiger charge is 2.17. The van der Waals surface area contributed by atoms with Crippen LogP contribution in [-0.4, -0.2) is 12.1 Å².